The lowest BCUT2D eigenvalue weighted by Gasteiger charge is -2.42. The predicted octanol–water partition coefficient (Wildman–Crippen LogP) is 2.11. The lowest BCUT2D eigenvalue weighted by molar-refractivity contribution is 0.250. The Morgan fingerprint density at radius 2 is 2.06 bits per heavy atom. The Morgan fingerprint density at radius 1 is 1.29 bits per heavy atom. The second kappa shape index (κ2) is 3.82. The van der Waals surface area contributed by atoms with E-state index in [1.54, 1.807) is 16.7 Å². The molecule has 2 atom stereocenters. The first-order valence-corrected chi connectivity index (χ1v) is 6.60. The van der Waals surface area contributed by atoms with Gasteiger partial charge < -0.3 is 10.2 Å². The van der Waals surface area contributed by atoms with E-state index in [0.29, 0.717) is 5.41 Å². The van der Waals surface area contributed by atoms with Gasteiger partial charge in [0.2, 0.25) is 0 Å². The molecule has 1 fully saturated rings. The zero-order valence-corrected chi connectivity index (χ0v) is 11.1. The summed E-state index contributed by atoms with van der Waals surface area (Å²) in [7, 11) is 6.00. The predicted molar refractivity (Wildman–Crippen MR) is 71.9 cm³/mol. The van der Waals surface area contributed by atoms with Gasteiger partial charge >= 0.3 is 0 Å². The maximum absolute atomic E-state index is 3.62. The first-order valence-electron chi connectivity index (χ1n) is 6.60. The molecule has 2 heteroatoms. The molecule has 3 aliphatic carbocycles. The van der Waals surface area contributed by atoms with Crippen LogP contribution in [0.5, 0.6) is 0 Å². The average Bonchev–Trinajstić information content (AvgIpc) is 2.66. The minimum atomic E-state index is 0.490. The number of hydrogen-bond donors (Lipinski definition) is 1. The van der Waals surface area contributed by atoms with Crippen LogP contribution in [0.4, 0.5) is 0 Å². The summed E-state index contributed by atoms with van der Waals surface area (Å²) in [6.45, 7) is 1.21. The molecule has 5 bridgehead atoms. The SMILES string of the molecule is C1=CC2=C3C=C1C21CCNC(C3)C1.CN(C)C. The van der Waals surface area contributed by atoms with Crippen molar-refractivity contribution in [3.63, 3.8) is 0 Å². The van der Waals surface area contributed by atoms with Gasteiger partial charge in [-0.1, -0.05) is 18.2 Å². The molecule has 2 unspecified atom stereocenters. The maximum Gasteiger partial charge on any atom is 0.0232 e. The molecule has 4 aliphatic rings. The smallest absolute Gasteiger partial charge is 0.0232 e. The zero-order chi connectivity index (χ0) is 12.0. The van der Waals surface area contributed by atoms with Crippen molar-refractivity contribution in [3.8, 4) is 0 Å². The van der Waals surface area contributed by atoms with E-state index in [1.807, 2.05) is 26.0 Å². The van der Waals surface area contributed by atoms with Crippen LogP contribution in [-0.4, -0.2) is 38.6 Å². The molecule has 0 saturated carbocycles. The van der Waals surface area contributed by atoms with Gasteiger partial charge in [-0.05, 0) is 63.7 Å². The fourth-order valence-electron chi connectivity index (χ4n) is 3.68. The van der Waals surface area contributed by atoms with E-state index in [4.69, 9.17) is 0 Å². The van der Waals surface area contributed by atoms with Gasteiger partial charge in [-0.3, -0.25) is 0 Å². The summed E-state index contributed by atoms with van der Waals surface area (Å²) in [5, 5.41) is 3.62. The van der Waals surface area contributed by atoms with Crippen molar-refractivity contribution in [1.82, 2.24) is 10.2 Å². The van der Waals surface area contributed by atoms with Crippen LogP contribution in [0, 0.1) is 5.41 Å². The van der Waals surface area contributed by atoms with Crippen molar-refractivity contribution >= 4 is 0 Å². The van der Waals surface area contributed by atoms with Crippen LogP contribution >= 0.6 is 0 Å². The van der Waals surface area contributed by atoms with Crippen LogP contribution in [0.3, 0.4) is 0 Å². The Balaban J connectivity index is 0.000000201. The molecular formula is C15H22N2. The highest BCUT2D eigenvalue weighted by molar-refractivity contribution is 5.64. The quantitative estimate of drug-likeness (QED) is 0.685. The maximum atomic E-state index is 3.62. The Labute approximate surface area is 104 Å². The zero-order valence-electron chi connectivity index (χ0n) is 11.1. The third kappa shape index (κ3) is 1.62. The number of nitrogens with one attached hydrogen (secondary N) is 1. The standard InChI is InChI=1S/C12H13N.C3H9N/c1-2-11-8-5-9(1)12(11)3-4-13-10(6-8)7-12;1-4(2)3/h1-2,5,10,13H,3-4,6-7H2;1-3H3. The molecular weight excluding hydrogens is 208 g/mol. The monoisotopic (exact) mass is 230 g/mol. The fourth-order valence-corrected chi connectivity index (χ4v) is 3.68. The fraction of sp³-hybridized carbons (Fsp3) is 0.600. The van der Waals surface area contributed by atoms with Crippen LogP contribution in [0.2, 0.25) is 0 Å². The average molecular weight is 230 g/mol. The number of hydrogen-bond acceptors (Lipinski definition) is 2. The number of piperidine rings is 1. The largest absolute Gasteiger partial charge is 0.314 e. The van der Waals surface area contributed by atoms with Gasteiger partial charge in [0.15, 0.2) is 0 Å². The van der Waals surface area contributed by atoms with Crippen LogP contribution < -0.4 is 5.32 Å². The van der Waals surface area contributed by atoms with Crippen LogP contribution in [-0.2, 0) is 0 Å². The normalized spacial score (nSPS) is 36.0. The van der Waals surface area contributed by atoms with Gasteiger partial charge in [0.1, 0.15) is 0 Å². The van der Waals surface area contributed by atoms with Gasteiger partial charge in [0, 0.05) is 11.5 Å². The molecule has 92 valence electrons. The van der Waals surface area contributed by atoms with Gasteiger partial charge in [-0.2, -0.15) is 0 Å². The van der Waals surface area contributed by atoms with Crippen molar-refractivity contribution in [2.45, 2.75) is 25.3 Å². The summed E-state index contributed by atoms with van der Waals surface area (Å²) in [6, 6.07) is 0.765. The first-order chi connectivity index (χ1) is 8.12. The topological polar surface area (TPSA) is 15.3 Å². The molecule has 1 heterocycles. The minimum absolute atomic E-state index is 0.490. The van der Waals surface area contributed by atoms with Gasteiger partial charge in [0.25, 0.3) is 0 Å². The van der Waals surface area contributed by atoms with E-state index in [2.05, 4.69) is 23.5 Å². The Hall–Kier alpha value is -0.860. The van der Waals surface area contributed by atoms with E-state index in [0.717, 1.165) is 6.04 Å². The van der Waals surface area contributed by atoms with Gasteiger partial charge in [-0.15, -0.1) is 0 Å². The van der Waals surface area contributed by atoms with E-state index < -0.39 is 0 Å². The summed E-state index contributed by atoms with van der Waals surface area (Å²) in [6.07, 6.45) is 11.1. The van der Waals surface area contributed by atoms with E-state index >= 15 is 0 Å². The number of rotatable bonds is 0. The second-order valence-corrected chi connectivity index (χ2v) is 6.10. The highest BCUT2D eigenvalue weighted by Gasteiger charge is 2.50. The lowest BCUT2D eigenvalue weighted by atomic mass is 9.67. The van der Waals surface area contributed by atoms with Crippen LogP contribution in [0.15, 0.2) is 34.9 Å². The molecule has 17 heavy (non-hydrogen) atoms. The molecule has 1 saturated heterocycles. The number of fused-ring (bicyclic) bond motifs is 1. The first kappa shape index (κ1) is 11.2. The summed E-state index contributed by atoms with van der Waals surface area (Å²) < 4.78 is 0. The molecule has 4 rings (SSSR count). The molecule has 0 aromatic rings. The van der Waals surface area contributed by atoms with Gasteiger partial charge in [0.05, 0.1) is 0 Å². The molecule has 1 spiro atoms. The molecule has 0 aromatic heterocycles. The second-order valence-electron chi connectivity index (χ2n) is 6.10. The Bertz CT molecular complexity index is 425. The van der Waals surface area contributed by atoms with Crippen molar-refractivity contribution < 1.29 is 0 Å². The minimum Gasteiger partial charge on any atom is -0.314 e. The third-order valence-corrected chi connectivity index (χ3v) is 4.22. The number of nitrogens with zero attached hydrogens (tertiary/aromatic N) is 1. The van der Waals surface area contributed by atoms with E-state index in [9.17, 15) is 0 Å². The summed E-state index contributed by atoms with van der Waals surface area (Å²) in [5.74, 6) is 0. The Morgan fingerprint density at radius 3 is 2.82 bits per heavy atom. The summed E-state index contributed by atoms with van der Waals surface area (Å²) in [5.41, 5.74) is 5.39. The van der Waals surface area contributed by atoms with Crippen LogP contribution in [0.25, 0.3) is 0 Å². The Kier molecular flexibility index (Phi) is 2.53. The highest BCUT2D eigenvalue weighted by atomic mass is 15.0. The van der Waals surface area contributed by atoms with Gasteiger partial charge in [-0.25, -0.2) is 0 Å². The highest BCUT2D eigenvalue weighted by Crippen LogP contribution is 2.59. The molecule has 0 radical (unpaired) electrons. The molecule has 1 N–H and O–H groups in total. The van der Waals surface area contributed by atoms with Crippen molar-refractivity contribution in [1.29, 1.82) is 0 Å². The van der Waals surface area contributed by atoms with E-state index in [1.165, 1.54) is 25.8 Å². The molecule has 0 amide bonds. The van der Waals surface area contributed by atoms with Crippen LogP contribution in [0.1, 0.15) is 19.3 Å². The van der Waals surface area contributed by atoms with Crippen molar-refractivity contribution in [2.24, 2.45) is 5.41 Å². The number of allylic oxidation sites excluding steroid dienone is 5. The molecule has 1 aliphatic heterocycles. The van der Waals surface area contributed by atoms with Crippen molar-refractivity contribution in [2.75, 3.05) is 27.7 Å². The summed E-state index contributed by atoms with van der Waals surface area (Å²) >= 11 is 0. The summed E-state index contributed by atoms with van der Waals surface area (Å²) in [4.78, 5) is 2.00. The van der Waals surface area contributed by atoms with Crippen molar-refractivity contribution in [3.05, 3.63) is 34.9 Å². The molecule has 0 aromatic carbocycles. The lowest BCUT2D eigenvalue weighted by Crippen LogP contribution is -2.45. The van der Waals surface area contributed by atoms with E-state index in [-0.39, 0.29) is 0 Å². The third-order valence-electron chi connectivity index (χ3n) is 4.22. The molecule has 2 nitrogen and oxygen atoms in total.